The zero-order valence-corrected chi connectivity index (χ0v) is 8.92. The summed E-state index contributed by atoms with van der Waals surface area (Å²) in [5, 5.41) is 0. The minimum absolute atomic E-state index is 0.0182. The monoisotopic (exact) mass is 203 g/mol. The summed E-state index contributed by atoms with van der Waals surface area (Å²) in [5.74, 6) is 0. The van der Waals surface area contributed by atoms with E-state index in [0.29, 0.717) is 0 Å². The lowest BCUT2D eigenvalue weighted by Crippen LogP contribution is -2.31. The minimum atomic E-state index is -1.30. The van der Waals surface area contributed by atoms with Crippen molar-refractivity contribution in [2.24, 2.45) is 0 Å². The lowest BCUT2D eigenvalue weighted by molar-refractivity contribution is 0.336. The van der Waals surface area contributed by atoms with Gasteiger partial charge in [-0.2, -0.15) is 0 Å². The van der Waals surface area contributed by atoms with E-state index in [2.05, 4.69) is 6.58 Å². The first-order valence-electron chi connectivity index (χ1n) is 2.33. The van der Waals surface area contributed by atoms with Gasteiger partial charge in [-0.15, -0.1) is 6.58 Å². The van der Waals surface area contributed by atoms with Crippen molar-refractivity contribution in [3.8, 4) is 0 Å². The fourth-order valence-electron chi connectivity index (χ4n) is 0.283. The summed E-state index contributed by atoms with van der Waals surface area (Å²) in [7, 11) is -1.23. The molecule has 0 aromatic heterocycles. The molecule has 0 aliphatic carbocycles. The molecule has 0 unspecified atom stereocenters. The highest BCUT2D eigenvalue weighted by Gasteiger charge is 2.16. The zero-order chi connectivity index (χ0) is 7.23. The van der Waals surface area contributed by atoms with Crippen LogP contribution in [-0.2, 0) is 16.5 Å². The lowest BCUT2D eigenvalue weighted by atomic mass is 11.3. The molecule has 0 aromatic carbocycles. The topological polar surface area (TPSA) is 36.9 Å². The van der Waals surface area contributed by atoms with Crippen LogP contribution in [0.3, 0.4) is 0 Å². The van der Waals surface area contributed by atoms with Crippen molar-refractivity contribution >= 4 is 39.3 Å². The summed E-state index contributed by atoms with van der Waals surface area (Å²) in [6, 6.07) is 0. The van der Waals surface area contributed by atoms with E-state index in [-0.39, 0.29) is 30.0 Å². The molecule has 0 amide bonds. The van der Waals surface area contributed by atoms with Gasteiger partial charge in [0.2, 0.25) is 0 Å². The third-order valence-corrected chi connectivity index (χ3v) is 4.56. The molecular weight excluding hydrogens is 200 g/mol. The van der Waals surface area contributed by atoms with Crippen LogP contribution in [0, 0.1) is 0 Å². The average molecular weight is 203 g/mol. The van der Waals surface area contributed by atoms with Gasteiger partial charge in [0.15, 0.2) is 0 Å². The third-order valence-electron chi connectivity index (χ3n) is 0.618. The molecule has 10 heavy (non-hydrogen) atoms. The highest BCUT2D eigenvalue weighted by Crippen LogP contribution is 1.91. The molecule has 1 saturated heterocycles. The Kier molecular flexibility index (Phi) is 4.40. The van der Waals surface area contributed by atoms with E-state index in [4.69, 9.17) is 16.5 Å². The molecule has 0 atom stereocenters. The third kappa shape index (κ3) is 3.02. The Bertz CT molecular complexity index is 101. The van der Waals surface area contributed by atoms with Gasteiger partial charge in [-0.25, -0.2) is 0 Å². The maximum atomic E-state index is 5.13. The van der Waals surface area contributed by atoms with Crippen molar-refractivity contribution in [2.45, 2.75) is 0 Å². The summed E-state index contributed by atoms with van der Waals surface area (Å²) in [5.41, 5.74) is 1.66. The highest BCUT2D eigenvalue weighted by atomic mass is 28.4. The number of hydrogen-bond donors (Lipinski definition) is 0. The van der Waals surface area contributed by atoms with Crippen molar-refractivity contribution in [3.63, 3.8) is 0 Å². The molecule has 0 aromatic rings. The summed E-state index contributed by atoms with van der Waals surface area (Å²) in [4.78, 5) is 0. The number of hydrogen-bond acceptors (Lipinski definition) is 4. The van der Waals surface area contributed by atoms with Gasteiger partial charge in [0.05, 0.1) is 0 Å². The van der Waals surface area contributed by atoms with E-state index in [1.807, 2.05) is 0 Å². The van der Waals surface area contributed by atoms with E-state index < -0.39 is 9.28 Å². The minimum Gasteiger partial charge on any atom is -0.412 e. The fourth-order valence-corrected chi connectivity index (χ4v) is 4.05. The van der Waals surface area contributed by atoms with Crippen molar-refractivity contribution in [1.29, 1.82) is 0 Å². The van der Waals surface area contributed by atoms with Crippen LogP contribution in [-0.4, -0.2) is 39.3 Å². The Morgan fingerprint density at radius 2 is 1.70 bits per heavy atom. The van der Waals surface area contributed by atoms with Crippen LogP contribution < -0.4 is 0 Å². The van der Waals surface area contributed by atoms with Gasteiger partial charge in [0, 0.05) is 0 Å². The summed E-state index contributed by atoms with van der Waals surface area (Å²) < 4.78 is 20.1. The molecule has 1 aliphatic rings. The molecule has 51 valence electrons. The Labute approximate surface area is 68.6 Å². The van der Waals surface area contributed by atoms with Crippen LogP contribution in [0.1, 0.15) is 0 Å². The van der Waals surface area contributed by atoms with Crippen molar-refractivity contribution in [1.82, 2.24) is 0 Å². The second-order valence-corrected chi connectivity index (χ2v) is 5.99. The van der Waals surface area contributed by atoms with Crippen LogP contribution in [0.25, 0.3) is 0 Å². The predicted molar refractivity (Wildman–Crippen MR) is 37.6 cm³/mol. The van der Waals surface area contributed by atoms with Crippen LogP contribution in [0.5, 0.6) is 0 Å². The molecule has 1 heterocycles. The first-order chi connectivity index (χ1) is 4.93. The first kappa shape index (κ1) is 8.54. The molecule has 0 bridgehead atoms. The van der Waals surface area contributed by atoms with Crippen LogP contribution in [0.15, 0.2) is 12.3 Å². The zero-order valence-electron chi connectivity index (χ0n) is 4.92. The quantitative estimate of drug-likeness (QED) is 0.506. The normalized spacial score (nSPS) is 23.2. The summed E-state index contributed by atoms with van der Waals surface area (Å²) in [6.07, 6.45) is 0. The smallest absolute Gasteiger partial charge is 0.412 e. The van der Waals surface area contributed by atoms with Crippen molar-refractivity contribution in [2.75, 3.05) is 0 Å². The van der Waals surface area contributed by atoms with Gasteiger partial charge in [-0.05, 0) is 5.70 Å². The van der Waals surface area contributed by atoms with Crippen LogP contribution in [0.2, 0.25) is 0 Å². The van der Waals surface area contributed by atoms with E-state index in [1.54, 1.807) is 5.70 Å². The van der Waals surface area contributed by atoms with E-state index in [0.717, 1.165) is 0 Å². The van der Waals surface area contributed by atoms with Gasteiger partial charge >= 0.3 is 39.3 Å². The molecule has 4 nitrogen and oxygen atoms in total. The Morgan fingerprint density at radius 3 is 2.20 bits per heavy atom. The summed E-state index contributed by atoms with van der Waals surface area (Å²) >= 11 is 0. The Balaban J connectivity index is 2.22. The standard InChI is InChI=1S/C2H3O4Si4/c1-2-10-5-8-3-7-4-9-6-10/h2H,1H2. The maximum absolute atomic E-state index is 5.13. The Morgan fingerprint density at radius 1 is 1.10 bits per heavy atom. The maximum Gasteiger partial charge on any atom is 0.413 e. The van der Waals surface area contributed by atoms with E-state index in [9.17, 15) is 0 Å². The molecule has 0 spiro atoms. The number of rotatable bonds is 1. The molecular formula is C2H3O4Si4. The molecule has 7 radical (unpaired) electrons. The fraction of sp³-hybridized carbons (Fsp3) is 0. The van der Waals surface area contributed by atoms with E-state index >= 15 is 0 Å². The summed E-state index contributed by atoms with van der Waals surface area (Å²) in [6.45, 7) is 3.55. The van der Waals surface area contributed by atoms with E-state index in [1.165, 1.54) is 0 Å². The van der Waals surface area contributed by atoms with Crippen LogP contribution >= 0.6 is 0 Å². The van der Waals surface area contributed by atoms with Crippen molar-refractivity contribution in [3.05, 3.63) is 12.3 Å². The lowest BCUT2D eigenvalue weighted by Gasteiger charge is -2.12. The van der Waals surface area contributed by atoms with Crippen LogP contribution in [0.4, 0.5) is 0 Å². The molecule has 1 fully saturated rings. The van der Waals surface area contributed by atoms with Crippen molar-refractivity contribution < 1.29 is 16.5 Å². The van der Waals surface area contributed by atoms with Gasteiger partial charge in [-0.1, -0.05) is 0 Å². The van der Waals surface area contributed by atoms with Gasteiger partial charge in [0.1, 0.15) is 0 Å². The second-order valence-electron chi connectivity index (χ2n) is 1.18. The predicted octanol–water partition coefficient (Wildman–Crippen LogP) is -1.12. The van der Waals surface area contributed by atoms with Gasteiger partial charge in [-0.3, -0.25) is 0 Å². The van der Waals surface area contributed by atoms with Gasteiger partial charge in [0.25, 0.3) is 0 Å². The molecule has 8 heteroatoms. The first-order valence-corrected chi connectivity index (χ1v) is 6.17. The molecule has 1 rings (SSSR count). The second kappa shape index (κ2) is 5.14. The molecule has 0 N–H and O–H groups in total. The highest BCUT2D eigenvalue weighted by molar-refractivity contribution is 6.63. The molecule has 1 aliphatic heterocycles. The average Bonchev–Trinajstić information content (AvgIpc) is 1.87. The SMILES string of the molecule is C=C[Si]1O[Si]O[Si]O[Si]O1. The largest absolute Gasteiger partial charge is 0.413 e. The Hall–Kier alpha value is 0.448. The molecule has 0 saturated carbocycles. The van der Waals surface area contributed by atoms with Gasteiger partial charge < -0.3 is 16.5 Å².